The summed E-state index contributed by atoms with van der Waals surface area (Å²) in [6, 6.07) is 12.0. The van der Waals surface area contributed by atoms with E-state index in [1.165, 1.54) is 30.5 Å². The van der Waals surface area contributed by atoms with Gasteiger partial charge in [-0.2, -0.15) is 0 Å². The van der Waals surface area contributed by atoms with E-state index in [0.29, 0.717) is 10.2 Å². The average Bonchev–Trinajstić information content (AvgIpc) is 2.61. The predicted molar refractivity (Wildman–Crippen MR) is 99.2 cm³/mol. The number of aryl methyl sites for hydroxylation is 1. The van der Waals surface area contributed by atoms with Crippen LogP contribution < -0.4 is 10.1 Å². The topological polar surface area (TPSA) is 71.5 Å². The highest BCUT2D eigenvalue weighted by Crippen LogP contribution is 2.31. The lowest BCUT2D eigenvalue weighted by atomic mass is 10.2. The molecular weight excluding hydrogens is 403 g/mol. The molecule has 0 aliphatic rings. The van der Waals surface area contributed by atoms with Gasteiger partial charge < -0.3 is 15.2 Å². The van der Waals surface area contributed by atoms with Gasteiger partial charge >= 0.3 is 0 Å². The Hall–Kier alpha value is -2.93. The highest BCUT2D eigenvalue weighted by molar-refractivity contribution is 9.10. The van der Waals surface area contributed by atoms with E-state index < -0.39 is 11.7 Å². The minimum Gasteiger partial charge on any atom is -0.506 e. The number of halogens is 2. The summed E-state index contributed by atoms with van der Waals surface area (Å²) in [6.07, 6.45) is 1.48. The van der Waals surface area contributed by atoms with E-state index in [9.17, 15) is 14.3 Å². The second-order valence-electron chi connectivity index (χ2n) is 5.51. The monoisotopic (exact) mass is 416 g/mol. The van der Waals surface area contributed by atoms with Crippen LogP contribution in [0.25, 0.3) is 0 Å². The third-order valence-corrected chi connectivity index (χ3v) is 4.14. The van der Waals surface area contributed by atoms with Crippen LogP contribution in [0.2, 0.25) is 0 Å². The molecule has 0 spiro atoms. The summed E-state index contributed by atoms with van der Waals surface area (Å²) in [4.78, 5) is 16.7. The zero-order valence-electron chi connectivity index (χ0n) is 13.7. The highest BCUT2D eigenvalue weighted by atomic mass is 79.9. The fourth-order valence-corrected chi connectivity index (χ4v) is 2.68. The Morgan fingerprint density at radius 1 is 1.23 bits per heavy atom. The van der Waals surface area contributed by atoms with Crippen LogP contribution >= 0.6 is 15.9 Å². The fourth-order valence-electron chi connectivity index (χ4n) is 2.25. The molecule has 3 rings (SSSR count). The average molecular weight is 417 g/mol. The molecule has 3 aromatic rings. The van der Waals surface area contributed by atoms with Crippen molar-refractivity contribution in [2.75, 3.05) is 5.32 Å². The van der Waals surface area contributed by atoms with Crippen LogP contribution in [0.3, 0.4) is 0 Å². The Bertz CT molecular complexity index is 979. The Kier molecular flexibility index (Phi) is 5.18. The number of amides is 1. The number of anilines is 1. The van der Waals surface area contributed by atoms with Crippen molar-refractivity contribution in [2.45, 2.75) is 6.92 Å². The minimum absolute atomic E-state index is 0.0448. The van der Waals surface area contributed by atoms with Gasteiger partial charge in [0, 0.05) is 6.20 Å². The van der Waals surface area contributed by atoms with Crippen LogP contribution in [0.15, 0.2) is 59.2 Å². The van der Waals surface area contributed by atoms with E-state index in [2.05, 4.69) is 26.2 Å². The van der Waals surface area contributed by atoms with E-state index in [1.54, 1.807) is 24.3 Å². The normalized spacial score (nSPS) is 10.4. The molecule has 5 nitrogen and oxygen atoms in total. The molecule has 0 saturated carbocycles. The standard InChI is InChI=1S/C19H14BrFN2O3/c1-11-4-6-16(24)15(9-11)23-18(25)13-3-2-8-22-19(13)26-17-7-5-12(21)10-14(17)20/h2-10,24H,1H3,(H,23,25). The molecule has 0 fully saturated rings. The van der Waals surface area contributed by atoms with Crippen LogP contribution in [0.1, 0.15) is 15.9 Å². The molecule has 0 aliphatic heterocycles. The number of nitrogens with zero attached hydrogens (tertiary/aromatic N) is 1. The smallest absolute Gasteiger partial charge is 0.261 e. The number of aromatic nitrogens is 1. The molecule has 0 unspecified atom stereocenters. The van der Waals surface area contributed by atoms with Gasteiger partial charge in [0.05, 0.1) is 10.2 Å². The number of carbonyl (C=O) groups excluding carboxylic acids is 1. The molecule has 0 radical (unpaired) electrons. The molecule has 1 heterocycles. The van der Waals surface area contributed by atoms with Crippen LogP contribution in [0, 0.1) is 12.7 Å². The first-order valence-electron chi connectivity index (χ1n) is 7.63. The molecule has 2 N–H and O–H groups in total. The number of hydrogen-bond donors (Lipinski definition) is 2. The van der Waals surface area contributed by atoms with E-state index >= 15 is 0 Å². The largest absolute Gasteiger partial charge is 0.506 e. The maximum absolute atomic E-state index is 13.2. The lowest BCUT2D eigenvalue weighted by molar-refractivity contribution is 0.102. The Morgan fingerprint density at radius 2 is 2.04 bits per heavy atom. The van der Waals surface area contributed by atoms with Crippen molar-refractivity contribution >= 4 is 27.5 Å². The summed E-state index contributed by atoms with van der Waals surface area (Å²) in [5, 5.41) is 12.5. The van der Waals surface area contributed by atoms with Crippen molar-refractivity contribution in [3.8, 4) is 17.4 Å². The summed E-state index contributed by atoms with van der Waals surface area (Å²) in [5.41, 5.74) is 1.34. The number of carbonyl (C=O) groups is 1. The molecule has 1 amide bonds. The van der Waals surface area contributed by atoms with Gasteiger partial charge in [0.1, 0.15) is 22.9 Å². The number of phenols is 1. The summed E-state index contributed by atoms with van der Waals surface area (Å²) < 4.78 is 19.3. The lowest BCUT2D eigenvalue weighted by Gasteiger charge is -2.12. The van der Waals surface area contributed by atoms with Gasteiger partial charge in [0.2, 0.25) is 5.88 Å². The van der Waals surface area contributed by atoms with Gasteiger partial charge in [-0.1, -0.05) is 6.07 Å². The zero-order chi connectivity index (χ0) is 18.7. The first-order chi connectivity index (χ1) is 12.4. The fraction of sp³-hybridized carbons (Fsp3) is 0.0526. The maximum Gasteiger partial charge on any atom is 0.261 e. The number of pyridine rings is 1. The number of phenolic OH excluding ortho intramolecular Hbond substituents is 1. The first kappa shape index (κ1) is 17.9. The van der Waals surface area contributed by atoms with Crippen molar-refractivity contribution in [2.24, 2.45) is 0 Å². The van der Waals surface area contributed by atoms with Gasteiger partial charge in [-0.15, -0.1) is 0 Å². The van der Waals surface area contributed by atoms with Gasteiger partial charge in [-0.25, -0.2) is 9.37 Å². The SMILES string of the molecule is Cc1ccc(O)c(NC(=O)c2cccnc2Oc2ccc(F)cc2Br)c1. The third-order valence-electron chi connectivity index (χ3n) is 3.52. The number of benzene rings is 2. The lowest BCUT2D eigenvalue weighted by Crippen LogP contribution is -2.14. The van der Waals surface area contributed by atoms with E-state index in [4.69, 9.17) is 4.74 Å². The van der Waals surface area contributed by atoms with E-state index in [0.717, 1.165) is 5.56 Å². The molecule has 0 saturated heterocycles. The summed E-state index contributed by atoms with van der Waals surface area (Å²) >= 11 is 3.21. The van der Waals surface area contributed by atoms with Gasteiger partial charge in [0.15, 0.2) is 0 Å². The molecule has 132 valence electrons. The van der Waals surface area contributed by atoms with Crippen molar-refractivity contribution in [3.05, 3.63) is 76.1 Å². The van der Waals surface area contributed by atoms with Crippen LogP contribution in [0.5, 0.6) is 17.4 Å². The molecule has 2 aromatic carbocycles. The summed E-state index contributed by atoms with van der Waals surface area (Å²) in [7, 11) is 0. The van der Waals surface area contributed by atoms with Crippen molar-refractivity contribution in [3.63, 3.8) is 0 Å². The quantitative estimate of drug-likeness (QED) is 0.584. The number of rotatable bonds is 4. The zero-order valence-corrected chi connectivity index (χ0v) is 15.2. The Balaban J connectivity index is 1.89. The van der Waals surface area contributed by atoms with Crippen LogP contribution in [-0.2, 0) is 0 Å². The van der Waals surface area contributed by atoms with Gasteiger partial charge in [-0.05, 0) is 70.9 Å². The molecular formula is C19H14BrFN2O3. The maximum atomic E-state index is 13.2. The molecule has 0 bridgehead atoms. The number of nitrogens with one attached hydrogen (secondary N) is 1. The third kappa shape index (κ3) is 4.00. The molecule has 0 atom stereocenters. The molecule has 0 aliphatic carbocycles. The second-order valence-corrected chi connectivity index (χ2v) is 6.36. The van der Waals surface area contributed by atoms with Crippen molar-refractivity contribution < 1.29 is 19.0 Å². The van der Waals surface area contributed by atoms with Crippen LogP contribution in [0.4, 0.5) is 10.1 Å². The summed E-state index contributed by atoms with van der Waals surface area (Å²) in [5.74, 6) is -0.580. The van der Waals surface area contributed by atoms with Crippen molar-refractivity contribution in [1.29, 1.82) is 0 Å². The Morgan fingerprint density at radius 3 is 2.81 bits per heavy atom. The number of aromatic hydroxyl groups is 1. The predicted octanol–water partition coefficient (Wildman–Crippen LogP) is 5.04. The van der Waals surface area contributed by atoms with Gasteiger partial charge in [-0.3, -0.25) is 4.79 Å². The molecule has 26 heavy (non-hydrogen) atoms. The second kappa shape index (κ2) is 7.53. The molecule has 7 heteroatoms. The minimum atomic E-state index is -0.493. The number of ether oxygens (including phenoxy) is 1. The highest BCUT2D eigenvalue weighted by Gasteiger charge is 2.17. The van der Waals surface area contributed by atoms with Gasteiger partial charge in [0.25, 0.3) is 5.91 Å². The van der Waals surface area contributed by atoms with E-state index in [-0.39, 0.29) is 22.9 Å². The first-order valence-corrected chi connectivity index (χ1v) is 8.42. The number of hydrogen-bond acceptors (Lipinski definition) is 4. The Labute approximate surface area is 157 Å². The van der Waals surface area contributed by atoms with Crippen LogP contribution in [-0.4, -0.2) is 16.0 Å². The van der Waals surface area contributed by atoms with Crippen molar-refractivity contribution in [1.82, 2.24) is 4.98 Å². The van der Waals surface area contributed by atoms with E-state index in [1.807, 2.05) is 6.92 Å². The molecule has 1 aromatic heterocycles. The summed E-state index contributed by atoms with van der Waals surface area (Å²) in [6.45, 7) is 1.85.